The van der Waals surface area contributed by atoms with Crippen LogP contribution in [0.1, 0.15) is 45.4 Å². The predicted octanol–water partition coefficient (Wildman–Crippen LogP) is 4.30. The first-order valence-corrected chi connectivity index (χ1v) is 12.4. The summed E-state index contributed by atoms with van der Waals surface area (Å²) < 4.78 is 7.17. The highest BCUT2D eigenvalue weighted by Crippen LogP contribution is 2.61. The number of carbonyl (C=O) groups is 1. The maximum atomic E-state index is 12.8. The molecule has 0 aliphatic heterocycles. The monoisotopic (exact) mass is 440 g/mol. The molecule has 1 unspecified atom stereocenters. The van der Waals surface area contributed by atoms with Crippen LogP contribution in [0, 0.1) is 23.2 Å². The molecule has 7 heteroatoms. The van der Waals surface area contributed by atoms with Crippen LogP contribution < -0.4 is 10.1 Å². The van der Waals surface area contributed by atoms with E-state index >= 15 is 0 Å². The first-order chi connectivity index (χ1) is 15.0. The van der Waals surface area contributed by atoms with Gasteiger partial charge in [-0.2, -0.15) is 0 Å². The maximum Gasteiger partial charge on any atom is 0.230 e. The first kappa shape index (κ1) is 20.9. The number of nitrogens with zero attached hydrogens (tertiary/aromatic N) is 3. The van der Waals surface area contributed by atoms with Gasteiger partial charge in [-0.1, -0.05) is 11.8 Å². The van der Waals surface area contributed by atoms with Crippen molar-refractivity contribution < 1.29 is 9.53 Å². The van der Waals surface area contributed by atoms with E-state index in [1.807, 2.05) is 35.9 Å². The third-order valence-corrected chi connectivity index (χ3v) is 8.92. The molecule has 1 atom stereocenters. The summed E-state index contributed by atoms with van der Waals surface area (Å²) in [6, 6.07) is 8.02. The second-order valence-corrected chi connectivity index (χ2v) is 10.9. The summed E-state index contributed by atoms with van der Waals surface area (Å²) >= 11 is 1.45. The average molecular weight is 441 g/mol. The smallest absolute Gasteiger partial charge is 0.230 e. The minimum atomic E-state index is 0.0993. The Morgan fingerprint density at radius 2 is 1.77 bits per heavy atom. The van der Waals surface area contributed by atoms with Gasteiger partial charge in [-0.25, -0.2) is 0 Å². The van der Waals surface area contributed by atoms with Gasteiger partial charge in [0.15, 0.2) is 11.0 Å². The molecule has 4 saturated carbocycles. The van der Waals surface area contributed by atoms with Gasteiger partial charge < -0.3 is 14.6 Å². The number of hydrogen-bond acceptors (Lipinski definition) is 5. The van der Waals surface area contributed by atoms with Crippen LogP contribution in [0.4, 0.5) is 0 Å². The SMILES string of the molecule is COc1ccc(-c2nnc(SCC(=O)NC(C)C34CC5CC(CC(C5)C3)C4)n2C)cc1. The molecule has 0 spiro atoms. The van der Waals surface area contributed by atoms with Crippen molar-refractivity contribution in [1.29, 1.82) is 0 Å². The number of ether oxygens (including phenoxy) is 1. The highest BCUT2D eigenvalue weighted by Gasteiger charge is 2.53. The zero-order chi connectivity index (χ0) is 21.6. The van der Waals surface area contributed by atoms with Crippen LogP contribution in [-0.4, -0.2) is 39.6 Å². The Hall–Kier alpha value is -2.02. The number of amides is 1. The van der Waals surface area contributed by atoms with Gasteiger partial charge in [0.25, 0.3) is 0 Å². The minimum absolute atomic E-state index is 0.0993. The quantitative estimate of drug-likeness (QED) is 0.650. The summed E-state index contributed by atoms with van der Waals surface area (Å²) in [6.45, 7) is 2.24. The van der Waals surface area contributed by atoms with E-state index < -0.39 is 0 Å². The largest absolute Gasteiger partial charge is 0.497 e. The molecule has 4 aliphatic rings. The number of nitrogens with one attached hydrogen (secondary N) is 1. The first-order valence-electron chi connectivity index (χ1n) is 11.4. The Morgan fingerprint density at radius 3 is 2.35 bits per heavy atom. The van der Waals surface area contributed by atoms with Crippen molar-refractivity contribution in [1.82, 2.24) is 20.1 Å². The number of aromatic nitrogens is 3. The summed E-state index contributed by atoms with van der Waals surface area (Å²) in [5.74, 6) is 4.76. The lowest BCUT2D eigenvalue weighted by Gasteiger charge is -2.59. The van der Waals surface area contributed by atoms with Crippen LogP contribution in [0.3, 0.4) is 0 Å². The summed E-state index contributed by atoms with van der Waals surface area (Å²) in [5.41, 5.74) is 1.31. The Morgan fingerprint density at radius 1 is 1.16 bits per heavy atom. The predicted molar refractivity (Wildman–Crippen MR) is 122 cm³/mol. The van der Waals surface area contributed by atoms with Gasteiger partial charge in [-0.05, 0) is 92.9 Å². The molecule has 0 radical (unpaired) electrons. The van der Waals surface area contributed by atoms with E-state index in [0.29, 0.717) is 11.2 Å². The number of benzene rings is 1. The fourth-order valence-corrected chi connectivity index (χ4v) is 7.43. The zero-order valence-corrected chi connectivity index (χ0v) is 19.5. The molecule has 31 heavy (non-hydrogen) atoms. The van der Waals surface area contributed by atoms with E-state index in [0.717, 1.165) is 40.0 Å². The second-order valence-electron chi connectivity index (χ2n) is 9.95. The van der Waals surface area contributed by atoms with Crippen molar-refractivity contribution in [2.24, 2.45) is 30.2 Å². The van der Waals surface area contributed by atoms with Gasteiger partial charge in [0.1, 0.15) is 5.75 Å². The zero-order valence-electron chi connectivity index (χ0n) is 18.6. The topological polar surface area (TPSA) is 69.0 Å². The van der Waals surface area contributed by atoms with Crippen molar-refractivity contribution in [2.45, 2.75) is 56.6 Å². The van der Waals surface area contributed by atoms with Gasteiger partial charge in [0.2, 0.25) is 5.91 Å². The van der Waals surface area contributed by atoms with Gasteiger partial charge in [0.05, 0.1) is 12.9 Å². The fraction of sp³-hybridized carbons (Fsp3) is 0.625. The molecular weight excluding hydrogens is 408 g/mol. The van der Waals surface area contributed by atoms with Crippen molar-refractivity contribution in [3.63, 3.8) is 0 Å². The highest BCUT2D eigenvalue weighted by molar-refractivity contribution is 7.99. The summed E-state index contributed by atoms with van der Waals surface area (Å²) in [6.07, 6.45) is 8.21. The van der Waals surface area contributed by atoms with Gasteiger partial charge in [-0.3, -0.25) is 4.79 Å². The number of thioether (sulfide) groups is 1. The molecule has 6 nitrogen and oxygen atoms in total. The molecule has 0 saturated heterocycles. The standard InChI is InChI=1S/C24H32N4O2S/c1-15(24-11-16-8-17(12-24)10-18(9-16)13-24)25-21(29)14-31-23-27-26-22(28(23)2)19-4-6-20(30-3)7-5-19/h4-7,15-18H,8-14H2,1-3H3,(H,25,29). The Labute approximate surface area is 188 Å². The number of hydrogen-bond donors (Lipinski definition) is 1. The minimum Gasteiger partial charge on any atom is -0.497 e. The second kappa shape index (κ2) is 8.15. The lowest BCUT2D eigenvalue weighted by atomic mass is 9.48. The third-order valence-electron chi connectivity index (χ3n) is 7.90. The van der Waals surface area contributed by atoms with Gasteiger partial charge in [0, 0.05) is 18.7 Å². The molecule has 4 fully saturated rings. The molecule has 1 aromatic heterocycles. The molecule has 1 aromatic carbocycles. The Balaban J connectivity index is 1.19. The molecule has 4 bridgehead atoms. The van der Waals surface area contributed by atoms with Crippen LogP contribution in [0.5, 0.6) is 5.75 Å². The summed E-state index contributed by atoms with van der Waals surface area (Å²) in [5, 5.41) is 12.7. The van der Waals surface area contributed by atoms with E-state index in [2.05, 4.69) is 22.4 Å². The number of methoxy groups -OCH3 is 1. The number of carbonyl (C=O) groups excluding carboxylic acids is 1. The molecule has 166 valence electrons. The van der Waals surface area contributed by atoms with E-state index in [-0.39, 0.29) is 11.9 Å². The van der Waals surface area contributed by atoms with Crippen LogP contribution in [-0.2, 0) is 11.8 Å². The van der Waals surface area contributed by atoms with Crippen molar-refractivity contribution in [2.75, 3.05) is 12.9 Å². The Kier molecular flexibility index (Phi) is 5.49. The Bertz CT molecular complexity index is 920. The molecule has 1 N–H and O–H groups in total. The lowest BCUT2D eigenvalue weighted by molar-refractivity contribution is -0.123. The molecule has 1 amide bonds. The van der Waals surface area contributed by atoms with E-state index in [4.69, 9.17) is 4.74 Å². The van der Waals surface area contributed by atoms with Crippen molar-refractivity contribution >= 4 is 17.7 Å². The van der Waals surface area contributed by atoms with Crippen molar-refractivity contribution in [3.05, 3.63) is 24.3 Å². The molecule has 2 aromatic rings. The fourth-order valence-electron chi connectivity index (χ4n) is 6.71. The van der Waals surface area contributed by atoms with E-state index in [9.17, 15) is 4.79 Å². The van der Waals surface area contributed by atoms with Crippen molar-refractivity contribution in [3.8, 4) is 17.1 Å². The lowest BCUT2D eigenvalue weighted by Crippen LogP contribution is -2.56. The van der Waals surface area contributed by atoms with Gasteiger partial charge in [-0.15, -0.1) is 10.2 Å². The van der Waals surface area contributed by atoms with Gasteiger partial charge >= 0.3 is 0 Å². The molecular formula is C24H32N4O2S. The molecule has 4 aliphatic carbocycles. The van der Waals surface area contributed by atoms with Crippen LogP contribution in [0.25, 0.3) is 11.4 Å². The number of rotatable bonds is 7. The molecule has 6 rings (SSSR count). The highest BCUT2D eigenvalue weighted by atomic mass is 32.2. The summed E-state index contributed by atoms with van der Waals surface area (Å²) in [7, 11) is 3.60. The van der Waals surface area contributed by atoms with Crippen LogP contribution >= 0.6 is 11.8 Å². The molecule has 1 heterocycles. The normalized spacial score (nSPS) is 29.7. The average Bonchev–Trinajstić information content (AvgIpc) is 3.11. The maximum absolute atomic E-state index is 12.8. The van der Waals surface area contributed by atoms with E-state index in [1.54, 1.807) is 7.11 Å². The van der Waals surface area contributed by atoms with Crippen LogP contribution in [0.2, 0.25) is 0 Å². The third kappa shape index (κ3) is 3.97. The van der Waals surface area contributed by atoms with Crippen LogP contribution in [0.15, 0.2) is 29.4 Å². The van der Waals surface area contributed by atoms with E-state index in [1.165, 1.54) is 50.3 Å². The summed E-state index contributed by atoms with van der Waals surface area (Å²) in [4.78, 5) is 12.8.